The number of fused-ring (bicyclic) bond motifs is 5. The van der Waals surface area contributed by atoms with E-state index < -0.39 is 52.2 Å². The Hall–Kier alpha value is -1.28. The van der Waals surface area contributed by atoms with Crippen molar-refractivity contribution in [3.8, 4) is 0 Å². The van der Waals surface area contributed by atoms with Crippen LogP contribution >= 0.6 is 0 Å². The molecule has 0 radical (unpaired) electrons. The highest BCUT2D eigenvalue weighted by atomic mass is 16.6. The Balaban J connectivity index is 1.65. The van der Waals surface area contributed by atoms with Crippen LogP contribution in [0.15, 0.2) is 11.6 Å². The molecule has 0 amide bonds. The molecule has 7 nitrogen and oxygen atoms in total. The van der Waals surface area contributed by atoms with E-state index in [-0.39, 0.29) is 41.3 Å². The van der Waals surface area contributed by atoms with E-state index in [0.29, 0.717) is 12.8 Å². The van der Waals surface area contributed by atoms with Gasteiger partial charge in [-0.15, -0.1) is 0 Å². The van der Waals surface area contributed by atoms with Gasteiger partial charge < -0.3 is 25.2 Å². The van der Waals surface area contributed by atoms with Crippen molar-refractivity contribution in [2.45, 2.75) is 137 Å². The standard InChI is InChI=1S/C32H52O7/c1-18(33)39-27(2,3)13-12-24(36)32(9,38)25-22(35)17-31(8)23-11-10-19-20(16-21(34)26(37)28(19,4)5)29(23,6)14-15-30(25,31)7/h10,20-23,25-26,34-35,37-38H,11-17H2,1-9H3. The van der Waals surface area contributed by atoms with E-state index in [9.17, 15) is 30.0 Å². The van der Waals surface area contributed by atoms with E-state index in [1.165, 1.54) is 12.5 Å². The van der Waals surface area contributed by atoms with E-state index in [2.05, 4.69) is 26.8 Å². The topological polar surface area (TPSA) is 124 Å². The second-order valence-electron chi connectivity index (χ2n) is 15.5. The van der Waals surface area contributed by atoms with Crippen molar-refractivity contribution in [3.05, 3.63) is 11.6 Å². The molecule has 3 fully saturated rings. The van der Waals surface area contributed by atoms with Crippen LogP contribution in [0.3, 0.4) is 0 Å². The predicted molar refractivity (Wildman–Crippen MR) is 148 cm³/mol. The first kappa shape index (κ1) is 30.7. The Morgan fingerprint density at radius 3 is 2.21 bits per heavy atom. The number of carbonyl (C=O) groups is 2. The zero-order valence-electron chi connectivity index (χ0n) is 25.5. The maximum Gasteiger partial charge on any atom is 0.303 e. The molecule has 10 atom stereocenters. The second kappa shape index (κ2) is 9.37. The lowest BCUT2D eigenvalue weighted by molar-refractivity contribution is -0.183. The molecule has 0 aliphatic heterocycles. The van der Waals surface area contributed by atoms with Gasteiger partial charge in [0.05, 0.1) is 18.3 Å². The minimum atomic E-state index is -1.73. The molecule has 0 spiro atoms. The van der Waals surface area contributed by atoms with Crippen LogP contribution in [-0.4, -0.2) is 61.7 Å². The first-order chi connectivity index (χ1) is 17.6. The Labute approximate surface area is 234 Å². The van der Waals surface area contributed by atoms with Crippen LogP contribution in [0.25, 0.3) is 0 Å². The van der Waals surface area contributed by atoms with Crippen molar-refractivity contribution in [2.24, 2.45) is 39.4 Å². The number of esters is 1. The third kappa shape index (κ3) is 4.45. The normalized spacial score (nSPS) is 44.8. The van der Waals surface area contributed by atoms with Crippen LogP contribution < -0.4 is 0 Å². The molecule has 10 unspecified atom stereocenters. The average Bonchev–Trinajstić information content (AvgIpc) is 3.01. The van der Waals surface area contributed by atoms with Crippen molar-refractivity contribution >= 4 is 11.8 Å². The molecule has 0 heterocycles. The number of Topliss-reactive ketones (excluding diaryl/α,β-unsaturated/α-hetero) is 1. The summed E-state index contributed by atoms with van der Waals surface area (Å²) in [6.07, 6.45) is 3.66. The molecule has 4 N–H and O–H groups in total. The molecule has 4 aliphatic carbocycles. The van der Waals surface area contributed by atoms with Gasteiger partial charge in [-0.05, 0) is 87.4 Å². The van der Waals surface area contributed by atoms with Crippen LogP contribution in [0.1, 0.15) is 107 Å². The van der Waals surface area contributed by atoms with Gasteiger partial charge in [0.2, 0.25) is 0 Å². The van der Waals surface area contributed by atoms with Gasteiger partial charge in [-0.2, -0.15) is 0 Å². The third-order valence-electron chi connectivity index (χ3n) is 12.4. The predicted octanol–water partition coefficient (Wildman–Crippen LogP) is 4.34. The van der Waals surface area contributed by atoms with E-state index in [4.69, 9.17) is 4.74 Å². The zero-order valence-corrected chi connectivity index (χ0v) is 25.5. The number of aliphatic hydroxyl groups excluding tert-OH is 3. The summed E-state index contributed by atoms with van der Waals surface area (Å²) < 4.78 is 5.35. The molecule has 0 saturated heterocycles. The fraction of sp³-hybridized carbons (Fsp3) is 0.875. The smallest absolute Gasteiger partial charge is 0.303 e. The molecule has 3 saturated carbocycles. The van der Waals surface area contributed by atoms with E-state index in [1.807, 2.05) is 13.8 Å². The lowest BCUT2D eigenvalue weighted by Gasteiger charge is -2.66. The van der Waals surface area contributed by atoms with E-state index >= 15 is 0 Å². The fourth-order valence-corrected chi connectivity index (χ4v) is 10.1. The van der Waals surface area contributed by atoms with Crippen molar-refractivity contribution in [3.63, 3.8) is 0 Å². The first-order valence-corrected chi connectivity index (χ1v) is 14.8. The van der Waals surface area contributed by atoms with Gasteiger partial charge in [-0.3, -0.25) is 9.59 Å². The molecule has 0 aromatic heterocycles. The number of hydrogen-bond donors (Lipinski definition) is 4. The molecule has 222 valence electrons. The molecule has 4 aliphatic rings. The summed E-state index contributed by atoms with van der Waals surface area (Å²) in [5, 5.41) is 45.1. The minimum Gasteiger partial charge on any atom is -0.460 e. The van der Waals surface area contributed by atoms with Crippen LogP contribution in [-0.2, 0) is 14.3 Å². The van der Waals surface area contributed by atoms with Gasteiger partial charge in [0, 0.05) is 24.7 Å². The molecule has 4 rings (SSSR count). The van der Waals surface area contributed by atoms with Gasteiger partial charge in [0.1, 0.15) is 11.2 Å². The number of allylic oxidation sites excluding steroid dienone is 1. The largest absolute Gasteiger partial charge is 0.460 e. The molecule has 39 heavy (non-hydrogen) atoms. The molecule has 7 heteroatoms. The van der Waals surface area contributed by atoms with Gasteiger partial charge in [0.15, 0.2) is 5.78 Å². The van der Waals surface area contributed by atoms with Crippen molar-refractivity contribution in [1.82, 2.24) is 0 Å². The quantitative estimate of drug-likeness (QED) is 0.288. The summed E-state index contributed by atoms with van der Waals surface area (Å²) in [4.78, 5) is 25.0. The highest BCUT2D eigenvalue weighted by molar-refractivity contribution is 5.87. The van der Waals surface area contributed by atoms with Gasteiger partial charge in [-0.25, -0.2) is 0 Å². The fourth-order valence-electron chi connectivity index (χ4n) is 10.1. The lowest BCUT2D eigenvalue weighted by Crippen LogP contribution is -2.62. The SMILES string of the molecule is CC(=O)OC(C)(C)CCC(=O)C(C)(O)C1C(O)CC2(C)C3CC=C4C(CC(O)C(O)C4(C)C)C3(C)CCC12C. The van der Waals surface area contributed by atoms with Gasteiger partial charge >= 0.3 is 5.97 Å². The van der Waals surface area contributed by atoms with Crippen molar-refractivity contribution < 1.29 is 34.8 Å². The number of rotatable bonds is 6. The summed E-state index contributed by atoms with van der Waals surface area (Å²) in [5.41, 5.74) is -2.77. The highest BCUT2D eigenvalue weighted by Crippen LogP contribution is 2.75. The summed E-state index contributed by atoms with van der Waals surface area (Å²) in [6.45, 7) is 17.2. The van der Waals surface area contributed by atoms with Crippen molar-refractivity contribution in [2.75, 3.05) is 0 Å². The summed E-state index contributed by atoms with van der Waals surface area (Å²) in [6, 6.07) is 0. The van der Waals surface area contributed by atoms with Crippen LogP contribution in [0.5, 0.6) is 0 Å². The number of ether oxygens (including phenoxy) is 1. The highest BCUT2D eigenvalue weighted by Gasteiger charge is 2.72. The Bertz CT molecular complexity index is 1040. The van der Waals surface area contributed by atoms with Crippen LogP contribution in [0.4, 0.5) is 0 Å². The minimum absolute atomic E-state index is 0.0495. The molecule has 0 aromatic rings. The van der Waals surface area contributed by atoms with E-state index in [0.717, 1.165) is 19.3 Å². The summed E-state index contributed by atoms with van der Waals surface area (Å²) >= 11 is 0. The summed E-state index contributed by atoms with van der Waals surface area (Å²) in [7, 11) is 0. The van der Waals surface area contributed by atoms with Crippen LogP contribution in [0.2, 0.25) is 0 Å². The third-order valence-corrected chi connectivity index (χ3v) is 12.4. The molecule has 0 aromatic carbocycles. The van der Waals surface area contributed by atoms with Gasteiger partial charge in [-0.1, -0.05) is 46.3 Å². The maximum absolute atomic E-state index is 13.6. The lowest BCUT2D eigenvalue weighted by atomic mass is 9.38. The average molecular weight is 549 g/mol. The first-order valence-electron chi connectivity index (χ1n) is 14.8. The number of carbonyl (C=O) groups excluding carboxylic acids is 2. The van der Waals surface area contributed by atoms with Crippen LogP contribution in [0, 0.1) is 39.4 Å². The Morgan fingerprint density at radius 2 is 1.62 bits per heavy atom. The Kier molecular flexibility index (Phi) is 7.37. The van der Waals surface area contributed by atoms with E-state index in [1.54, 1.807) is 20.8 Å². The number of ketones is 1. The van der Waals surface area contributed by atoms with Gasteiger partial charge in [0.25, 0.3) is 0 Å². The maximum atomic E-state index is 13.6. The number of aliphatic hydroxyl groups is 4. The number of hydrogen-bond acceptors (Lipinski definition) is 7. The van der Waals surface area contributed by atoms with Crippen molar-refractivity contribution in [1.29, 1.82) is 0 Å². The molecule has 0 bridgehead atoms. The molecular weight excluding hydrogens is 496 g/mol. The Morgan fingerprint density at radius 1 is 1.00 bits per heavy atom. The monoisotopic (exact) mass is 548 g/mol. The molecular formula is C32H52O7. The summed E-state index contributed by atoms with van der Waals surface area (Å²) in [5.74, 6) is -1.03. The zero-order chi connectivity index (χ0) is 29.6. The second-order valence-corrected chi connectivity index (χ2v) is 15.5.